The molecular formula is C12H9ClN2O3. The van der Waals surface area contributed by atoms with E-state index < -0.39 is 4.92 Å². The molecule has 0 aliphatic carbocycles. The highest BCUT2D eigenvalue weighted by Crippen LogP contribution is 2.24. The number of ether oxygens (including phenoxy) is 1. The molecule has 1 aromatic heterocycles. The van der Waals surface area contributed by atoms with Gasteiger partial charge in [0.15, 0.2) is 0 Å². The molecule has 2 aromatic rings. The largest absolute Gasteiger partial charge is 0.487 e. The van der Waals surface area contributed by atoms with Crippen molar-refractivity contribution in [2.45, 2.75) is 6.61 Å². The van der Waals surface area contributed by atoms with Gasteiger partial charge in [0.2, 0.25) is 0 Å². The van der Waals surface area contributed by atoms with Crippen molar-refractivity contribution in [1.82, 2.24) is 4.98 Å². The summed E-state index contributed by atoms with van der Waals surface area (Å²) in [4.78, 5) is 14.3. The minimum Gasteiger partial charge on any atom is -0.487 e. The summed E-state index contributed by atoms with van der Waals surface area (Å²) in [5, 5.41) is 11.2. The minimum absolute atomic E-state index is 0.0496. The maximum absolute atomic E-state index is 10.9. The number of pyridine rings is 1. The average molecular weight is 265 g/mol. The van der Waals surface area contributed by atoms with E-state index in [2.05, 4.69) is 4.98 Å². The van der Waals surface area contributed by atoms with Crippen LogP contribution < -0.4 is 4.74 Å². The van der Waals surface area contributed by atoms with Crippen LogP contribution in [-0.2, 0) is 6.61 Å². The number of nitro benzene ring substituents is 1. The summed E-state index contributed by atoms with van der Waals surface area (Å²) in [6.45, 7) is 0.0964. The summed E-state index contributed by atoms with van der Waals surface area (Å²) in [5.74, 6) is 0.557. The maximum atomic E-state index is 10.9. The molecular weight excluding hydrogens is 256 g/mol. The van der Waals surface area contributed by atoms with Crippen LogP contribution >= 0.6 is 11.6 Å². The summed E-state index contributed by atoms with van der Waals surface area (Å²) in [5.41, 5.74) is 0.416. The zero-order chi connectivity index (χ0) is 13.0. The molecule has 0 spiro atoms. The van der Waals surface area contributed by atoms with E-state index in [0.717, 1.165) is 0 Å². The van der Waals surface area contributed by atoms with Gasteiger partial charge in [-0.1, -0.05) is 11.6 Å². The first-order valence-corrected chi connectivity index (χ1v) is 5.50. The Morgan fingerprint density at radius 2 is 2.22 bits per heavy atom. The Bertz CT molecular complexity index is 561. The molecule has 6 heteroatoms. The maximum Gasteiger partial charge on any atom is 0.277 e. The lowest BCUT2D eigenvalue weighted by atomic mass is 10.2. The zero-order valence-corrected chi connectivity index (χ0v) is 10.0. The van der Waals surface area contributed by atoms with Crippen molar-refractivity contribution in [3.05, 3.63) is 63.4 Å². The average Bonchev–Trinajstić information content (AvgIpc) is 2.38. The molecule has 1 heterocycles. The lowest BCUT2D eigenvalue weighted by Crippen LogP contribution is -2.00. The number of nitro groups is 1. The molecule has 2 rings (SSSR count). The molecule has 0 bridgehead atoms. The van der Waals surface area contributed by atoms with Gasteiger partial charge in [-0.25, -0.2) is 0 Å². The van der Waals surface area contributed by atoms with Crippen LogP contribution in [0.1, 0.15) is 5.56 Å². The minimum atomic E-state index is -0.478. The molecule has 0 N–H and O–H groups in total. The lowest BCUT2D eigenvalue weighted by Gasteiger charge is -2.06. The van der Waals surface area contributed by atoms with Crippen molar-refractivity contribution in [2.75, 3.05) is 0 Å². The van der Waals surface area contributed by atoms with Gasteiger partial charge in [-0.2, -0.15) is 0 Å². The zero-order valence-electron chi connectivity index (χ0n) is 9.25. The summed E-state index contributed by atoms with van der Waals surface area (Å²) in [7, 11) is 0. The standard InChI is InChI=1S/C12H9ClN2O3/c13-10-4-3-9(12(6-10)15(16)17)8-18-11-2-1-5-14-7-11/h1-7H,8H2. The molecule has 0 saturated carbocycles. The van der Waals surface area contributed by atoms with Crippen LogP contribution in [0.15, 0.2) is 42.7 Å². The second kappa shape index (κ2) is 5.46. The molecule has 0 atom stereocenters. The quantitative estimate of drug-likeness (QED) is 0.628. The number of rotatable bonds is 4. The van der Waals surface area contributed by atoms with E-state index in [1.54, 1.807) is 36.7 Å². The van der Waals surface area contributed by atoms with Gasteiger partial charge in [0.05, 0.1) is 16.7 Å². The van der Waals surface area contributed by atoms with Crippen molar-refractivity contribution in [1.29, 1.82) is 0 Å². The van der Waals surface area contributed by atoms with Crippen LogP contribution in [0.4, 0.5) is 5.69 Å². The molecule has 18 heavy (non-hydrogen) atoms. The van der Waals surface area contributed by atoms with Crippen LogP contribution in [0.25, 0.3) is 0 Å². The number of benzene rings is 1. The van der Waals surface area contributed by atoms with Gasteiger partial charge in [0.25, 0.3) is 5.69 Å². The van der Waals surface area contributed by atoms with E-state index in [-0.39, 0.29) is 12.3 Å². The second-order valence-electron chi connectivity index (χ2n) is 3.51. The topological polar surface area (TPSA) is 65.3 Å². The molecule has 92 valence electrons. The Kier molecular flexibility index (Phi) is 3.74. The van der Waals surface area contributed by atoms with Crippen molar-refractivity contribution < 1.29 is 9.66 Å². The number of hydrogen-bond acceptors (Lipinski definition) is 4. The summed E-state index contributed by atoms with van der Waals surface area (Å²) in [6, 6.07) is 7.94. The Hall–Kier alpha value is -2.14. The van der Waals surface area contributed by atoms with E-state index >= 15 is 0 Å². The highest BCUT2D eigenvalue weighted by Gasteiger charge is 2.14. The highest BCUT2D eigenvalue weighted by atomic mass is 35.5. The van der Waals surface area contributed by atoms with Crippen molar-refractivity contribution in [3.63, 3.8) is 0 Å². The molecule has 0 amide bonds. The van der Waals surface area contributed by atoms with Gasteiger partial charge in [0, 0.05) is 17.3 Å². The molecule has 5 nitrogen and oxygen atoms in total. The molecule has 0 unspecified atom stereocenters. The fourth-order valence-electron chi connectivity index (χ4n) is 1.42. The second-order valence-corrected chi connectivity index (χ2v) is 3.94. The van der Waals surface area contributed by atoms with Gasteiger partial charge in [-0.05, 0) is 24.3 Å². The lowest BCUT2D eigenvalue weighted by molar-refractivity contribution is -0.385. The summed E-state index contributed by atoms with van der Waals surface area (Å²) < 4.78 is 5.41. The first kappa shape index (κ1) is 12.3. The van der Waals surface area contributed by atoms with E-state index in [0.29, 0.717) is 16.3 Å². The van der Waals surface area contributed by atoms with Crippen LogP contribution in [0.5, 0.6) is 5.75 Å². The van der Waals surface area contributed by atoms with Gasteiger partial charge in [-0.3, -0.25) is 15.1 Å². The molecule has 0 fully saturated rings. The van der Waals surface area contributed by atoms with Gasteiger partial charge >= 0.3 is 0 Å². The predicted octanol–water partition coefficient (Wildman–Crippen LogP) is 3.22. The smallest absolute Gasteiger partial charge is 0.277 e. The third-order valence-electron chi connectivity index (χ3n) is 2.27. The third-order valence-corrected chi connectivity index (χ3v) is 2.51. The van der Waals surface area contributed by atoms with Crippen LogP contribution in [0.3, 0.4) is 0 Å². The van der Waals surface area contributed by atoms with Crippen LogP contribution in [0.2, 0.25) is 5.02 Å². The molecule has 0 saturated heterocycles. The number of nitrogens with zero attached hydrogens (tertiary/aromatic N) is 2. The highest BCUT2D eigenvalue weighted by molar-refractivity contribution is 6.30. The monoisotopic (exact) mass is 264 g/mol. The van der Waals surface area contributed by atoms with E-state index in [1.165, 1.54) is 6.07 Å². The number of aromatic nitrogens is 1. The van der Waals surface area contributed by atoms with Crippen molar-refractivity contribution in [2.24, 2.45) is 0 Å². The van der Waals surface area contributed by atoms with Gasteiger partial charge in [0.1, 0.15) is 12.4 Å². The molecule has 1 aromatic carbocycles. The fourth-order valence-corrected chi connectivity index (χ4v) is 1.59. The first-order valence-electron chi connectivity index (χ1n) is 5.12. The van der Waals surface area contributed by atoms with Crippen LogP contribution in [-0.4, -0.2) is 9.91 Å². The summed E-state index contributed by atoms with van der Waals surface area (Å²) >= 11 is 5.72. The van der Waals surface area contributed by atoms with Gasteiger partial charge < -0.3 is 4.74 Å². The third kappa shape index (κ3) is 2.95. The number of hydrogen-bond donors (Lipinski definition) is 0. The van der Waals surface area contributed by atoms with Crippen molar-refractivity contribution in [3.8, 4) is 5.75 Å². The Morgan fingerprint density at radius 3 is 2.89 bits per heavy atom. The van der Waals surface area contributed by atoms with Crippen molar-refractivity contribution >= 4 is 17.3 Å². The molecule has 0 radical (unpaired) electrons. The summed E-state index contributed by atoms with van der Waals surface area (Å²) in [6.07, 6.45) is 3.17. The Morgan fingerprint density at radius 1 is 1.39 bits per heavy atom. The van der Waals surface area contributed by atoms with Crippen LogP contribution in [0, 0.1) is 10.1 Å². The Balaban J connectivity index is 2.17. The Labute approximate surface area is 108 Å². The number of halogens is 1. The molecule has 0 aliphatic heterocycles. The SMILES string of the molecule is O=[N+]([O-])c1cc(Cl)ccc1COc1cccnc1. The first-order chi connectivity index (χ1) is 8.66. The fraction of sp³-hybridized carbons (Fsp3) is 0.0833. The normalized spacial score (nSPS) is 10.1. The van der Waals surface area contributed by atoms with Gasteiger partial charge in [-0.15, -0.1) is 0 Å². The predicted molar refractivity (Wildman–Crippen MR) is 66.7 cm³/mol. The van der Waals surface area contributed by atoms with E-state index in [9.17, 15) is 10.1 Å². The van der Waals surface area contributed by atoms with E-state index in [1.807, 2.05) is 0 Å². The molecule has 0 aliphatic rings. The van der Waals surface area contributed by atoms with E-state index in [4.69, 9.17) is 16.3 Å².